The normalized spacial score (nSPS) is 16.0. The van der Waals surface area contributed by atoms with Gasteiger partial charge in [-0.1, -0.05) is 60.7 Å². The van der Waals surface area contributed by atoms with Crippen LogP contribution in [-0.4, -0.2) is 29.3 Å². The van der Waals surface area contributed by atoms with Crippen LogP contribution < -0.4 is 0 Å². The molecule has 1 fully saturated rings. The van der Waals surface area contributed by atoms with Crippen LogP contribution in [-0.2, 0) is 4.79 Å². The summed E-state index contributed by atoms with van der Waals surface area (Å²) in [6, 6.07) is 20.0. The summed E-state index contributed by atoms with van der Waals surface area (Å²) in [5.41, 5.74) is 2.10. The second kappa shape index (κ2) is 6.97. The van der Waals surface area contributed by atoms with Crippen molar-refractivity contribution in [3.8, 4) is 0 Å². The number of halogens is 1. The third-order valence-electron chi connectivity index (χ3n) is 4.25. The first-order valence-corrected chi connectivity index (χ1v) is 8.22. The van der Waals surface area contributed by atoms with E-state index in [1.165, 1.54) is 0 Å². The van der Waals surface area contributed by atoms with Crippen LogP contribution in [0.15, 0.2) is 60.7 Å². The van der Waals surface area contributed by atoms with Gasteiger partial charge in [0.15, 0.2) is 0 Å². The van der Waals surface area contributed by atoms with Gasteiger partial charge >= 0.3 is 0 Å². The Kier molecular flexibility index (Phi) is 4.79. The topological polar surface area (TPSA) is 20.3 Å². The largest absolute Gasteiger partial charge is 0.342 e. The van der Waals surface area contributed by atoms with Crippen molar-refractivity contribution in [3.05, 3.63) is 71.8 Å². The molecule has 0 atom stereocenters. The molecule has 114 valence electrons. The van der Waals surface area contributed by atoms with Gasteiger partial charge in [-0.25, -0.2) is 0 Å². The lowest BCUT2D eigenvalue weighted by Crippen LogP contribution is -2.41. The molecule has 0 spiro atoms. The first-order valence-electron chi connectivity index (χ1n) is 7.78. The highest BCUT2D eigenvalue weighted by Gasteiger charge is 2.29. The first kappa shape index (κ1) is 15.1. The van der Waals surface area contributed by atoms with Crippen LogP contribution in [0.1, 0.15) is 29.9 Å². The molecule has 1 aliphatic rings. The molecule has 2 aromatic carbocycles. The lowest BCUT2D eigenvalue weighted by molar-refractivity contribution is -0.132. The van der Waals surface area contributed by atoms with Gasteiger partial charge in [0.1, 0.15) is 0 Å². The minimum atomic E-state index is -0.228. The molecule has 3 rings (SSSR count). The summed E-state index contributed by atoms with van der Waals surface area (Å²) >= 11 is 6.16. The van der Waals surface area contributed by atoms with Gasteiger partial charge in [-0.3, -0.25) is 4.79 Å². The summed E-state index contributed by atoms with van der Waals surface area (Å²) in [6.45, 7) is 1.51. The van der Waals surface area contributed by atoms with Gasteiger partial charge in [0.25, 0.3) is 0 Å². The van der Waals surface area contributed by atoms with E-state index in [0.29, 0.717) is 0 Å². The summed E-state index contributed by atoms with van der Waals surface area (Å²) in [5.74, 6) is -0.0461. The molecule has 0 bridgehead atoms. The number of carbonyl (C=O) groups is 1. The number of alkyl halides is 1. The molecule has 2 nitrogen and oxygen atoms in total. The quantitative estimate of drug-likeness (QED) is 0.783. The molecule has 0 saturated carbocycles. The molecule has 22 heavy (non-hydrogen) atoms. The zero-order chi connectivity index (χ0) is 15.4. The predicted molar refractivity (Wildman–Crippen MR) is 90.2 cm³/mol. The number of rotatable bonds is 3. The van der Waals surface area contributed by atoms with Crippen LogP contribution in [0, 0.1) is 0 Å². The van der Waals surface area contributed by atoms with E-state index in [9.17, 15) is 4.79 Å². The molecular formula is C19H20ClNO. The molecule has 1 amide bonds. The Hall–Kier alpha value is -1.80. The SMILES string of the molecule is O=C(C(c1ccccc1)c1ccccc1)N1CCC(Cl)CC1. The molecule has 0 radical (unpaired) electrons. The molecular weight excluding hydrogens is 294 g/mol. The monoisotopic (exact) mass is 313 g/mol. The number of amides is 1. The Labute approximate surface area is 136 Å². The number of benzene rings is 2. The average Bonchev–Trinajstić information content (AvgIpc) is 2.57. The maximum absolute atomic E-state index is 13.1. The van der Waals surface area contributed by atoms with Crippen molar-refractivity contribution < 1.29 is 4.79 Å². The second-order valence-electron chi connectivity index (χ2n) is 5.75. The smallest absolute Gasteiger partial charge is 0.234 e. The van der Waals surface area contributed by atoms with E-state index in [4.69, 9.17) is 11.6 Å². The van der Waals surface area contributed by atoms with E-state index in [1.807, 2.05) is 65.6 Å². The third-order valence-corrected chi connectivity index (χ3v) is 4.69. The highest BCUT2D eigenvalue weighted by molar-refractivity contribution is 6.20. The van der Waals surface area contributed by atoms with Gasteiger partial charge in [0.2, 0.25) is 5.91 Å². The first-order chi connectivity index (χ1) is 10.8. The van der Waals surface area contributed by atoms with Gasteiger partial charge in [-0.2, -0.15) is 0 Å². The van der Waals surface area contributed by atoms with Crippen LogP contribution in [0.25, 0.3) is 0 Å². The summed E-state index contributed by atoms with van der Waals surface area (Å²) in [7, 11) is 0. The van der Waals surface area contributed by atoms with E-state index < -0.39 is 0 Å². The lowest BCUT2D eigenvalue weighted by atomic mass is 9.89. The van der Waals surface area contributed by atoms with Gasteiger partial charge in [0.05, 0.1) is 5.92 Å². The van der Waals surface area contributed by atoms with Crippen LogP contribution in [0.4, 0.5) is 0 Å². The zero-order valence-corrected chi connectivity index (χ0v) is 13.2. The number of carbonyl (C=O) groups excluding carboxylic acids is 1. The number of hydrogen-bond donors (Lipinski definition) is 0. The molecule has 1 heterocycles. The van der Waals surface area contributed by atoms with E-state index in [0.717, 1.165) is 37.1 Å². The number of likely N-dealkylation sites (tertiary alicyclic amines) is 1. The summed E-state index contributed by atoms with van der Waals surface area (Å²) in [4.78, 5) is 15.1. The van der Waals surface area contributed by atoms with E-state index in [1.54, 1.807) is 0 Å². The number of hydrogen-bond acceptors (Lipinski definition) is 1. The van der Waals surface area contributed by atoms with Gasteiger partial charge in [0, 0.05) is 18.5 Å². The maximum Gasteiger partial charge on any atom is 0.234 e. The second-order valence-corrected chi connectivity index (χ2v) is 6.37. The molecule has 1 saturated heterocycles. The fourth-order valence-corrected chi connectivity index (χ4v) is 3.21. The predicted octanol–water partition coefficient (Wildman–Crippen LogP) is 4.05. The van der Waals surface area contributed by atoms with E-state index >= 15 is 0 Å². The zero-order valence-electron chi connectivity index (χ0n) is 12.5. The molecule has 1 aliphatic heterocycles. The molecule has 0 aromatic heterocycles. The summed E-state index contributed by atoms with van der Waals surface area (Å²) in [6.07, 6.45) is 1.76. The Morgan fingerprint density at radius 1 is 0.909 bits per heavy atom. The minimum absolute atomic E-state index is 0.181. The van der Waals surface area contributed by atoms with Crippen molar-refractivity contribution in [1.82, 2.24) is 4.90 Å². The van der Waals surface area contributed by atoms with Crippen molar-refractivity contribution in [1.29, 1.82) is 0 Å². The lowest BCUT2D eigenvalue weighted by Gasteiger charge is -2.32. The molecule has 2 aromatic rings. The molecule has 3 heteroatoms. The molecule has 0 unspecified atom stereocenters. The fraction of sp³-hybridized carbons (Fsp3) is 0.316. The Bertz CT molecular complexity index is 566. The van der Waals surface area contributed by atoms with Crippen LogP contribution in [0.3, 0.4) is 0 Å². The molecule has 0 N–H and O–H groups in total. The number of nitrogens with zero attached hydrogens (tertiary/aromatic N) is 1. The summed E-state index contributed by atoms with van der Waals surface area (Å²) in [5, 5.41) is 0.205. The highest BCUT2D eigenvalue weighted by Crippen LogP contribution is 2.28. The highest BCUT2D eigenvalue weighted by atomic mass is 35.5. The number of piperidine rings is 1. The molecule has 0 aliphatic carbocycles. The Morgan fingerprint density at radius 3 is 1.82 bits per heavy atom. The fourth-order valence-electron chi connectivity index (χ4n) is 3.02. The van der Waals surface area contributed by atoms with Crippen molar-refractivity contribution in [2.75, 3.05) is 13.1 Å². The standard InChI is InChI=1S/C19H20ClNO/c20-17-11-13-21(14-12-17)19(22)18(15-7-3-1-4-8-15)16-9-5-2-6-10-16/h1-10,17-18H,11-14H2. The van der Waals surface area contributed by atoms with Crippen LogP contribution >= 0.6 is 11.6 Å². The van der Waals surface area contributed by atoms with Crippen molar-refractivity contribution in [2.24, 2.45) is 0 Å². The maximum atomic E-state index is 13.1. The van der Waals surface area contributed by atoms with Crippen LogP contribution in [0.5, 0.6) is 0 Å². The Balaban J connectivity index is 1.90. The van der Waals surface area contributed by atoms with Crippen molar-refractivity contribution in [3.63, 3.8) is 0 Å². The minimum Gasteiger partial charge on any atom is -0.342 e. The average molecular weight is 314 g/mol. The van der Waals surface area contributed by atoms with Crippen molar-refractivity contribution in [2.45, 2.75) is 24.1 Å². The van der Waals surface area contributed by atoms with Gasteiger partial charge < -0.3 is 4.90 Å². The van der Waals surface area contributed by atoms with Gasteiger partial charge in [-0.15, -0.1) is 11.6 Å². The third kappa shape index (κ3) is 3.33. The van der Waals surface area contributed by atoms with E-state index in [2.05, 4.69) is 0 Å². The van der Waals surface area contributed by atoms with Crippen LogP contribution in [0.2, 0.25) is 0 Å². The van der Waals surface area contributed by atoms with Gasteiger partial charge in [-0.05, 0) is 24.0 Å². The van der Waals surface area contributed by atoms with E-state index in [-0.39, 0.29) is 17.2 Å². The van der Waals surface area contributed by atoms with Crippen molar-refractivity contribution >= 4 is 17.5 Å². The Morgan fingerprint density at radius 2 is 1.36 bits per heavy atom. The summed E-state index contributed by atoms with van der Waals surface area (Å²) < 4.78 is 0.